The molecule has 52 heavy (non-hydrogen) atoms. The number of fused-ring (bicyclic) bond motifs is 1. The van der Waals surface area contributed by atoms with E-state index in [4.69, 9.17) is 9.97 Å². The van der Waals surface area contributed by atoms with Crippen molar-refractivity contribution < 1.29 is 0 Å². The van der Waals surface area contributed by atoms with Gasteiger partial charge in [0.1, 0.15) is 0 Å². The fourth-order valence-electron chi connectivity index (χ4n) is 7.29. The first-order valence-corrected chi connectivity index (χ1v) is 17.7. The molecule has 0 saturated carbocycles. The van der Waals surface area contributed by atoms with Crippen LogP contribution in [0.4, 0.5) is 5.69 Å². The van der Waals surface area contributed by atoms with Crippen molar-refractivity contribution in [1.29, 1.82) is 5.26 Å². The molecule has 4 heteroatoms. The Morgan fingerprint density at radius 2 is 0.981 bits per heavy atom. The highest BCUT2D eigenvalue weighted by Gasteiger charge is 2.22. The van der Waals surface area contributed by atoms with Crippen LogP contribution in [0.3, 0.4) is 0 Å². The highest BCUT2D eigenvalue weighted by atomic mass is 15.3. The maximum absolute atomic E-state index is 10.1. The predicted octanol–water partition coefficient (Wildman–Crippen LogP) is 11.6. The summed E-state index contributed by atoms with van der Waals surface area (Å²) in [7, 11) is 0. The molecular formula is C48H34N4. The lowest BCUT2D eigenvalue weighted by Crippen LogP contribution is -2.00. The van der Waals surface area contributed by atoms with Crippen molar-refractivity contribution in [2.75, 3.05) is 18.0 Å². The molecule has 1 aliphatic heterocycles. The van der Waals surface area contributed by atoms with Gasteiger partial charge in [0.2, 0.25) is 0 Å². The average Bonchev–Trinajstić information content (AvgIpc) is 4.07. The van der Waals surface area contributed by atoms with Gasteiger partial charge in [-0.15, -0.1) is 0 Å². The molecule has 8 aromatic rings. The number of para-hydroxylation sites is 1. The summed E-state index contributed by atoms with van der Waals surface area (Å²) in [4.78, 5) is 12.6. The number of nitrogens with zero attached hydrogens (tertiary/aromatic N) is 4. The van der Waals surface area contributed by atoms with E-state index in [0.29, 0.717) is 11.4 Å². The molecule has 0 aliphatic carbocycles. The summed E-state index contributed by atoms with van der Waals surface area (Å²) in [6.07, 6.45) is 0. The van der Waals surface area contributed by atoms with Crippen LogP contribution in [0, 0.1) is 18.3 Å². The zero-order valence-electron chi connectivity index (χ0n) is 28.8. The SMILES string of the molecule is Cc1c(-c2ccccc2)nc(-c2ccc(-c3ccc(-c4cc(C#N)cc(-c5ccccc5N5CC5)c4)c4ccccc34)cc2)nc1-c1ccccc1. The standard InChI is InChI=1S/C48H34N4/c1-32-46(35-12-4-2-5-13-35)50-48(51-47(32)36-14-6-3-7-15-36)37-22-20-34(21-23-37)40-24-25-41(44-18-9-8-17-43(40)44)38-28-33(31-49)29-39(30-38)42-16-10-11-19-45(42)52-26-27-52/h2-25,28-30H,26-27H2,1H3. The van der Waals surface area contributed by atoms with E-state index in [-0.39, 0.29) is 0 Å². The molecule has 0 amide bonds. The zero-order chi connectivity index (χ0) is 35.0. The third kappa shape index (κ3) is 5.79. The molecule has 9 rings (SSSR count). The first kappa shape index (κ1) is 31.2. The third-order valence-electron chi connectivity index (χ3n) is 9.99. The number of hydrogen-bond donors (Lipinski definition) is 0. The molecule has 0 radical (unpaired) electrons. The van der Waals surface area contributed by atoms with Crippen LogP contribution in [-0.2, 0) is 0 Å². The molecule has 0 atom stereocenters. The van der Waals surface area contributed by atoms with Crippen LogP contribution in [-0.4, -0.2) is 23.1 Å². The summed E-state index contributed by atoms with van der Waals surface area (Å²) >= 11 is 0. The molecule has 0 N–H and O–H groups in total. The summed E-state index contributed by atoms with van der Waals surface area (Å²) in [6.45, 7) is 4.24. The summed E-state index contributed by atoms with van der Waals surface area (Å²) < 4.78 is 0. The van der Waals surface area contributed by atoms with Crippen molar-refractivity contribution in [3.63, 3.8) is 0 Å². The number of hydrogen-bond acceptors (Lipinski definition) is 4. The van der Waals surface area contributed by atoms with E-state index in [0.717, 1.165) is 90.9 Å². The summed E-state index contributed by atoms with van der Waals surface area (Å²) in [5.74, 6) is 0.697. The van der Waals surface area contributed by atoms with Gasteiger partial charge in [0.15, 0.2) is 5.82 Å². The average molecular weight is 667 g/mol. The third-order valence-corrected chi connectivity index (χ3v) is 9.99. The summed E-state index contributed by atoms with van der Waals surface area (Å²) in [6, 6.07) is 59.4. The van der Waals surface area contributed by atoms with Gasteiger partial charge < -0.3 is 4.90 Å². The number of benzene rings is 7. The van der Waals surface area contributed by atoms with Crippen LogP contribution in [0.15, 0.2) is 164 Å². The Bertz CT molecular complexity index is 2570. The first-order chi connectivity index (χ1) is 25.6. The molecule has 0 spiro atoms. The summed E-state index contributed by atoms with van der Waals surface area (Å²) in [5, 5.41) is 12.4. The Labute approximate surface area is 304 Å². The van der Waals surface area contributed by atoms with Crippen molar-refractivity contribution in [2.45, 2.75) is 6.92 Å². The zero-order valence-corrected chi connectivity index (χ0v) is 28.8. The topological polar surface area (TPSA) is 52.6 Å². The normalized spacial score (nSPS) is 12.1. The largest absolute Gasteiger partial charge is 0.367 e. The minimum Gasteiger partial charge on any atom is -0.367 e. The van der Waals surface area contributed by atoms with Gasteiger partial charge in [-0.05, 0) is 69.8 Å². The fourth-order valence-corrected chi connectivity index (χ4v) is 7.29. The van der Waals surface area contributed by atoms with Gasteiger partial charge >= 0.3 is 0 Å². The van der Waals surface area contributed by atoms with Crippen molar-refractivity contribution in [1.82, 2.24) is 9.97 Å². The highest BCUT2D eigenvalue weighted by Crippen LogP contribution is 2.40. The minimum atomic E-state index is 0.654. The Morgan fingerprint density at radius 3 is 1.56 bits per heavy atom. The second-order valence-electron chi connectivity index (χ2n) is 13.3. The molecule has 1 saturated heterocycles. The molecule has 246 valence electrons. The van der Waals surface area contributed by atoms with Crippen LogP contribution in [0.25, 0.3) is 78.1 Å². The van der Waals surface area contributed by atoms with Crippen molar-refractivity contribution >= 4 is 16.5 Å². The molecule has 1 fully saturated rings. The van der Waals surface area contributed by atoms with Gasteiger partial charge in [0.05, 0.1) is 23.0 Å². The Kier molecular flexibility index (Phi) is 7.87. The van der Waals surface area contributed by atoms with Gasteiger partial charge in [-0.2, -0.15) is 5.26 Å². The van der Waals surface area contributed by atoms with E-state index in [9.17, 15) is 5.26 Å². The van der Waals surface area contributed by atoms with Crippen molar-refractivity contribution in [3.05, 3.63) is 175 Å². The highest BCUT2D eigenvalue weighted by molar-refractivity contribution is 6.05. The van der Waals surface area contributed by atoms with Gasteiger partial charge in [0, 0.05) is 46.6 Å². The molecular weight excluding hydrogens is 633 g/mol. The van der Waals surface area contributed by atoms with Gasteiger partial charge in [-0.1, -0.05) is 140 Å². The minimum absolute atomic E-state index is 0.654. The van der Waals surface area contributed by atoms with Crippen molar-refractivity contribution in [3.8, 4) is 73.4 Å². The molecule has 1 aliphatic rings. The van der Waals surface area contributed by atoms with Crippen molar-refractivity contribution in [2.24, 2.45) is 0 Å². The molecule has 0 bridgehead atoms. The summed E-state index contributed by atoms with van der Waals surface area (Å²) in [5.41, 5.74) is 14.5. The lowest BCUT2D eigenvalue weighted by atomic mass is 9.89. The Morgan fingerprint density at radius 1 is 0.481 bits per heavy atom. The number of anilines is 1. The van der Waals surface area contributed by atoms with Crippen LogP contribution in [0.2, 0.25) is 0 Å². The van der Waals surface area contributed by atoms with Crippen LogP contribution in [0.5, 0.6) is 0 Å². The second-order valence-corrected chi connectivity index (χ2v) is 13.3. The quantitative estimate of drug-likeness (QED) is 0.159. The lowest BCUT2D eigenvalue weighted by molar-refractivity contribution is 1.15. The van der Waals surface area contributed by atoms with Crippen LogP contribution in [0.1, 0.15) is 11.1 Å². The van der Waals surface area contributed by atoms with Crippen LogP contribution < -0.4 is 4.90 Å². The molecule has 2 heterocycles. The molecule has 7 aromatic carbocycles. The van der Waals surface area contributed by atoms with Crippen LogP contribution >= 0.6 is 0 Å². The molecule has 1 aromatic heterocycles. The first-order valence-electron chi connectivity index (χ1n) is 17.7. The second kappa shape index (κ2) is 13.1. The smallest absolute Gasteiger partial charge is 0.160 e. The number of aromatic nitrogens is 2. The molecule has 4 nitrogen and oxygen atoms in total. The Hall–Kier alpha value is -6.83. The van der Waals surface area contributed by atoms with E-state index >= 15 is 0 Å². The van der Waals surface area contributed by atoms with E-state index < -0.39 is 0 Å². The predicted molar refractivity (Wildman–Crippen MR) is 214 cm³/mol. The molecule has 0 unspecified atom stereocenters. The van der Waals surface area contributed by atoms with E-state index in [1.54, 1.807) is 0 Å². The maximum Gasteiger partial charge on any atom is 0.160 e. The maximum atomic E-state index is 10.1. The monoisotopic (exact) mass is 666 g/mol. The van der Waals surface area contributed by atoms with Gasteiger partial charge in [0.25, 0.3) is 0 Å². The lowest BCUT2D eigenvalue weighted by Gasteiger charge is -2.16. The number of rotatable bonds is 7. The Balaban J connectivity index is 1.12. The fraction of sp³-hybridized carbons (Fsp3) is 0.0625. The van der Waals surface area contributed by atoms with Gasteiger partial charge in [-0.3, -0.25) is 0 Å². The number of nitriles is 1. The van der Waals surface area contributed by atoms with E-state index in [2.05, 4.69) is 157 Å². The van der Waals surface area contributed by atoms with E-state index in [1.807, 2.05) is 24.3 Å². The van der Waals surface area contributed by atoms with Gasteiger partial charge in [-0.25, -0.2) is 9.97 Å². The van der Waals surface area contributed by atoms with E-state index in [1.165, 1.54) is 5.69 Å².